The predicted octanol–water partition coefficient (Wildman–Crippen LogP) is 7.54. The number of piperazine rings is 1. The number of anilines is 1. The summed E-state index contributed by atoms with van der Waals surface area (Å²) in [4.78, 5) is 55.1. The van der Waals surface area contributed by atoms with E-state index in [9.17, 15) is 19.2 Å². The Hall–Kier alpha value is -3.34. The van der Waals surface area contributed by atoms with Gasteiger partial charge in [-0.2, -0.15) is 0 Å². The van der Waals surface area contributed by atoms with Gasteiger partial charge in [0.25, 0.3) is 0 Å². The van der Waals surface area contributed by atoms with Crippen LogP contribution in [0.4, 0.5) is 5.69 Å². The number of rotatable bonds is 24. The van der Waals surface area contributed by atoms with Gasteiger partial charge in [-0.05, 0) is 138 Å². The van der Waals surface area contributed by atoms with Gasteiger partial charge < -0.3 is 45.7 Å². The molecule has 0 radical (unpaired) electrons. The van der Waals surface area contributed by atoms with Crippen LogP contribution in [0, 0.1) is 22.2 Å². The largest absolute Gasteiger partial charge is 0.464 e. The first kappa shape index (κ1) is 68.7. The van der Waals surface area contributed by atoms with E-state index in [0.29, 0.717) is 19.1 Å². The van der Waals surface area contributed by atoms with Gasteiger partial charge >= 0.3 is 11.9 Å². The topological polar surface area (TPSA) is 171 Å². The van der Waals surface area contributed by atoms with Gasteiger partial charge in [0.15, 0.2) is 0 Å². The van der Waals surface area contributed by atoms with E-state index in [4.69, 9.17) is 19.9 Å². The average molecular weight is 994 g/mol. The molecule has 5 N–H and O–H groups in total. The van der Waals surface area contributed by atoms with Crippen LogP contribution in [-0.4, -0.2) is 177 Å². The molecule has 2 fully saturated rings. The maximum absolute atomic E-state index is 11.7. The monoisotopic (exact) mass is 993 g/mol. The van der Waals surface area contributed by atoms with Crippen molar-refractivity contribution in [2.75, 3.05) is 139 Å². The van der Waals surface area contributed by atoms with Crippen molar-refractivity contribution in [3.63, 3.8) is 0 Å². The van der Waals surface area contributed by atoms with Crippen LogP contribution in [0.25, 0.3) is 0 Å². The third-order valence-corrected chi connectivity index (χ3v) is 13.3. The molecule has 410 valence electrons. The number of nitrogens with zero attached hydrogens (tertiary/aromatic N) is 4. The van der Waals surface area contributed by atoms with Crippen LogP contribution in [0.15, 0.2) is 24.3 Å². The number of hydrogen-bond donors (Lipinski definition) is 4. The van der Waals surface area contributed by atoms with Gasteiger partial charge in [0.2, 0.25) is 11.8 Å². The number of esters is 2. The zero-order chi connectivity index (χ0) is 53.8. The molecule has 2 aliphatic rings. The summed E-state index contributed by atoms with van der Waals surface area (Å²) in [5, 5.41) is 9.18. The number of ether oxygens (including phenoxy) is 3. The summed E-state index contributed by atoms with van der Waals surface area (Å²) in [6, 6.07) is 8.12. The summed E-state index contributed by atoms with van der Waals surface area (Å²) in [6.45, 7) is 40.1. The first-order chi connectivity index (χ1) is 32.8. The van der Waals surface area contributed by atoms with E-state index in [-0.39, 0.29) is 45.9 Å². The molecule has 15 heteroatoms. The molecule has 3 rings (SSSR count). The number of nitrogen functional groups attached to an aromatic ring is 1. The van der Waals surface area contributed by atoms with Gasteiger partial charge in [-0.3, -0.25) is 29.0 Å². The lowest BCUT2D eigenvalue weighted by molar-refractivity contribution is -0.155. The first-order valence-corrected chi connectivity index (χ1v) is 26.6. The number of morpholine rings is 1. The molecule has 2 aliphatic heterocycles. The smallest absolute Gasteiger partial charge is 0.311 e. The Labute approximate surface area is 428 Å². The Morgan fingerprint density at radius 2 is 1.10 bits per heavy atom. The van der Waals surface area contributed by atoms with Crippen molar-refractivity contribution in [2.45, 2.75) is 141 Å². The molecule has 1 aromatic rings. The Bertz CT molecular complexity index is 1450. The molecule has 70 heavy (non-hydrogen) atoms. The molecular formula is C55H108N8O7. The van der Waals surface area contributed by atoms with Gasteiger partial charge in [0.05, 0.1) is 24.0 Å². The van der Waals surface area contributed by atoms with Crippen LogP contribution in [0.3, 0.4) is 0 Å². The number of benzene rings is 1. The lowest BCUT2D eigenvalue weighted by atomic mass is 9.89. The lowest BCUT2D eigenvalue weighted by Gasteiger charge is -2.27. The fourth-order valence-corrected chi connectivity index (χ4v) is 6.00. The maximum atomic E-state index is 11.7. The molecule has 15 nitrogen and oxygen atoms in total. The lowest BCUT2D eigenvalue weighted by Crippen LogP contribution is -2.45. The molecule has 0 bridgehead atoms. The first-order valence-electron chi connectivity index (χ1n) is 26.6. The summed E-state index contributed by atoms with van der Waals surface area (Å²) < 4.78 is 15.8. The number of carbonyl (C=O) groups excluding carboxylic acids is 4. The highest BCUT2D eigenvalue weighted by Crippen LogP contribution is 2.23. The molecule has 2 unspecified atom stereocenters. The van der Waals surface area contributed by atoms with E-state index < -0.39 is 0 Å². The van der Waals surface area contributed by atoms with E-state index in [2.05, 4.69) is 61.5 Å². The van der Waals surface area contributed by atoms with E-state index in [0.717, 1.165) is 136 Å². The Balaban J connectivity index is 0. The molecule has 0 aliphatic carbocycles. The molecule has 1 aromatic carbocycles. The van der Waals surface area contributed by atoms with Crippen molar-refractivity contribution in [2.24, 2.45) is 22.2 Å². The molecule has 2 heterocycles. The van der Waals surface area contributed by atoms with Gasteiger partial charge in [-0.25, -0.2) is 0 Å². The molecular weight excluding hydrogens is 885 g/mol. The van der Waals surface area contributed by atoms with Gasteiger partial charge in [-0.15, -0.1) is 0 Å². The number of nitrogens with two attached hydrogens (primary N) is 1. The number of carbonyl (C=O) groups is 4. The Kier molecular flexibility index (Phi) is 38.5. The fraction of sp³-hybridized carbons (Fsp3) is 0.818. The average Bonchev–Trinajstić information content (AvgIpc) is 3.34. The van der Waals surface area contributed by atoms with Gasteiger partial charge in [0, 0.05) is 82.5 Å². The summed E-state index contributed by atoms with van der Waals surface area (Å²) in [5.41, 5.74) is 6.87. The van der Waals surface area contributed by atoms with E-state index in [1.807, 2.05) is 116 Å². The summed E-state index contributed by atoms with van der Waals surface area (Å²) in [7, 11) is 8.16. The second-order valence-corrected chi connectivity index (χ2v) is 21.2. The van der Waals surface area contributed by atoms with Crippen molar-refractivity contribution in [3.05, 3.63) is 29.8 Å². The van der Waals surface area contributed by atoms with Crippen LogP contribution in [0.2, 0.25) is 0 Å². The van der Waals surface area contributed by atoms with E-state index in [1.54, 1.807) is 0 Å². The number of nitrogens with one attached hydrogen (secondary N) is 3. The SMILES string of the molecule is CCC(C)(C)C(=O)NCCCN(C)C.CCC(C)(C)C(=O)OCCN1CCNCC1.CCC(C)(C)C(=O)OCCN1CCOCC1.CCC(C)C(=O)NCCCN(C)C.CCC(C)c1ccc(N)cc1. The quantitative estimate of drug-likeness (QED) is 0.0456. The van der Waals surface area contributed by atoms with Crippen molar-refractivity contribution >= 4 is 29.4 Å². The third-order valence-electron chi connectivity index (χ3n) is 13.3. The van der Waals surface area contributed by atoms with Crippen molar-refractivity contribution in [1.82, 2.24) is 35.6 Å². The summed E-state index contributed by atoms with van der Waals surface area (Å²) >= 11 is 0. The van der Waals surface area contributed by atoms with E-state index >= 15 is 0 Å². The minimum absolute atomic E-state index is 0.0786. The van der Waals surface area contributed by atoms with Crippen LogP contribution in [-0.2, 0) is 33.4 Å². The third kappa shape index (κ3) is 34.1. The van der Waals surface area contributed by atoms with Gasteiger partial charge in [-0.1, -0.05) is 74.4 Å². The highest BCUT2D eigenvalue weighted by atomic mass is 16.5. The zero-order valence-electron chi connectivity index (χ0n) is 48.0. The van der Waals surface area contributed by atoms with Gasteiger partial charge in [0.1, 0.15) is 13.2 Å². The predicted molar refractivity (Wildman–Crippen MR) is 292 cm³/mol. The van der Waals surface area contributed by atoms with Crippen molar-refractivity contribution in [3.8, 4) is 0 Å². The number of hydrogen-bond acceptors (Lipinski definition) is 13. The molecule has 0 saturated carbocycles. The minimum atomic E-state index is -0.356. The molecule has 2 amide bonds. The molecule has 2 saturated heterocycles. The second-order valence-electron chi connectivity index (χ2n) is 21.2. The van der Waals surface area contributed by atoms with Crippen molar-refractivity contribution < 1.29 is 33.4 Å². The maximum Gasteiger partial charge on any atom is 0.311 e. The summed E-state index contributed by atoms with van der Waals surface area (Å²) in [5.74, 6) is 0.975. The fourth-order valence-electron chi connectivity index (χ4n) is 6.00. The molecule has 2 atom stereocenters. The van der Waals surface area contributed by atoms with Crippen LogP contribution in [0.5, 0.6) is 0 Å². The standard InChI is InChI=1S/C12H24N2O2.C12H23NO3.C11H24N2O.C10H22N2O.C10H15N/c1-4-12(2,3)11(15)16-10-9-14-7-5-13-6-8-14;1-4-12(2,3)11(14)16-10-7-13-5-8-15-9-6-13;1-6-11(2,3)10(14)12-8-7-9-13(4)5;1-5-9(2)10(13)11-7-6-8-12(3)4;1-3-8(2)9-4-6-10(11)7-5-9/h13H,4-10H2,1-3H3;4-10H2,1-3H3;6-9H2,1-5H3,(H,12,14);9H,5-8H2,1-4H3,(H,11,13);4-8H,3,11H2,1-2H3. The van der Waals surface area contributed by atoms with Crippen LogP contribution >= 0.6 is 0 Å². The number of amides is 2. The highest BCUT2D eigenvalue weighted by Gasteiger charge is 2.28. The highest BCUT2D eigenvalue weighted by molar-refractivity contribution is 5.81. The van der Waals surface area contributed by atoms with Crippen molar-refractivity contribution in [1.29, 1.82) is 0 Å². The minimum Gasteiger partial charge on any atom is -0.464 e. The van der Waals surface area contributed by atoms with Crippen LogP contribution < -0.4 is 21.7 Å². The normalized spacial score (nSPS) is 15.2. The van der Waals surface area contributed by atoms with Crippen LogP contribution in [0.1, 0.15) is 146 Å². The molecule has 0 aromatic heterocycles. The second kappa shape index (κ2) is 39.2. The Morgan fingerprint density at radius 3 is 1.50 bits per heavy atom. The van der Waals surface area contributed by atoms with E-state index in [1.165, 1.54) is 12.0 Å². The molecule has 0 spiro atoms. The summed E-state index contributed by atoms with van der Waals surface area (Å²) in [6.07, 6.45) is 6.65. The Morgan fingerprint density at radius 1 is 0.671 bits per heavy atom. The zero-order valence-corrected chi connectivity index (χ0v) is 48.0.